The summed E-state index contributed by atoms with van der Waals surface area (Å²) in [6, 6.07) is 0. The third-order valence-corrected chi connectivity index (χ3v) is 4.31. The van der Waals surface area contributed by atoms with Crippen LogP contribution < -0.4 is 10.6 Å². The van der Waals surface area contributed by atoms with Crippen molar-refractivity contribution in [3.05, 3.63) is 17.8 Å². The summed E-state index contributed by atoms with van der Waals surface area (Å²) in [6.45, 7) is 13.7. The fourth-order valence-electron chi connectivity index (χ4n) is 2.86. The molecule has 136 valence electrons. The van der Waals surface area contributed by atoms with Crippen molar-refractivity contribution in [1.82, 2.24) is 20.5 Å². The van der Waals surface area contributed by atoms with E-state index >= 15 is 0 Å². The fraction of sp³-hybridized carbons (Fsp3) is 0.778. The van der Waals surface area contributed by atoms with E-state index in [4.69, 9.17) is 4.42 Å². The first-order valence-corrected chi connectivity index (χ1v) is 9.00. The van der Waals surface area contributed by atoms with Gasteiger partial charge in [0.15, 0.2) is 5.96 Å². The van der Waals surface area contributed by atoms with Gasteiger partial charge in [0, 0.05) is 25.6 Å². The standard InChI is InChI=1S/C18H33N5O/c1-14(13-23-8-6-7-9-23)10-21-17(19-5)22-12-16-20-11-15(24-16)18(2,3)4/h11,14H,6-10,12-13H2,1-5H3,(H2,19,21,22). The van der Waals surface area contributed by atoms with Crippen LogP contribution >= 0.6 is 0 Å². The van der Waals surface area contributed by atoms with Crippen molar-refractivity contribution in [2.45, 2.75) is 52.5 Å². The molecule has 1 aliphatic rings. The molecule has 1 atom stereocenters. The number of hydrogen-bond acceptors (Lipinski definition) is 4. The Morgan fingerprint density at radius 2 is 2.04 bits per heavy atom. The van der Waals surface area contributed by atoms with Crippen molar-refractivity contribution in [1.29, 1.82) is 0 Å². The Bertz CT molecular complexity index is 526. The fourth-order valence-corrected chi connectivity index (χ4v) is 2.86. The highest BCUT2D eigenvalue weighted by molar-refractivity contribution is 5.79. The molecular formula is C18H33N5O. The number of nitrogens with one attached hydrogen (secondary N) is 2. The molecule has 0 radical (unpaired) electrons. The topological polar surface area (TPSA) is 65.7 Å². The van der Waals surface area contributed by atoms with Gasteiger partial charge in [-0.3, -0.25) is 4.99 Å². The molecule has 0 aromatic carbocycles. The van der Waals surface area contributed by atoms with Crippen molar-refractivity contribution >= 4 is 5.96 Å². The summed E-state index contributed by atoms with van der Waals surface area (Å²) in [5, 5.41) is 6.66. The monoisotopic (exact) mass is 335 g/mol. The molecule has 2 N–H and O–H groups in total. The van der Waals surface area contributed by atoms with Crippen LogP contribution in [0.2, 0.25) is 0 Å². The van der Waals surface area contributed by atoms with E-state index in [9.17, 15) is 0 Å². The Balaban J connectivity index is 1.73. The van der Waals surface area contributed by atoms with Crippen LogP contribution in [0.4, 0.5) is 0 Å². The zero-order chi connectivity index (χ0) is 17.6. The second-order valence-electron chi connectivity index (χ2n) is 7.79. The van der Waals surface area contributed by atoms with Crippen LogP contribution in [0.15, 0.2) is 15.6 Å². The third kappa shape index (κ3) is 5.82. The summed E-state index contributed by atoms with van der Waals surface area (Å²) < 4.78 is 5.79. The van der Waals surface area contributed by atoms with Gasteiger partial charge in [0.05, 0.1) is 12.7 Å². The van der Waals surface area contributed by atoms with Crippen LogP contribution in [-0.4, -0.2) is 49.1 Å². The number of aromatic nitrogens is 1. The number of rotatable bonds is 6. The van der Waals surface area contributed by atoms with E-state index in [0.717, 1.165) is 24.8 Å². The minimum atomic E-state index is -0.0177. The molecule has 0 spiro atoms. The van der Waals surface area contributed by atoms with Crippen molar-refractivity contribution in [3.63, 3.8) is 0 Å². The first kappa shape index (κ1) is 18.8. The summed E-state index contributed by atoms with van der Waals surface area (Å²) >= 11 is 0. The average molecular weight is 335 g/mol. The lowest BCUT2D eigenvalue weighted by atomic mass is 9.94. The quantitative estimate of drug-likeness (QED) is 0.617. The van der Waals surface area contributed by atoms with Gasteiger partial charge >= 0.3 is 0 Å². The van der Waals surface area contributed by atoms with E-state index in [2.05, 4.69) is 53.2 Å². The minimum absolute atomic E-state index is 0.0177. The number of nitrogens with zero attached hydrogens (tertiary/aromatic N) is 3. The van der Waals surface area contributed by atoms with Gasteiger partial charge in [-0.1, -0.05) is 27.7 Å². The van der Waals surface area contributed by atoms with Crippen LogP contribution in [-0.2, 0) is 12.0 Å². The van der Waals surface area contributed by atoms with Gasteiger partial charge in [0.2, 0.25) is 5.89 Å². The summed E-state index contributed by atoms with van der Waals surface area (Å²) in [4.78, 5) is 11.2. The van der Waals surface area contributed by atoms with Crippen LogP contribution in [0.5, 0.6) is 0 Å². The van der Waals surface area contributed by atoms with Crippen molar-refractivity contribution in [3.8, 4) is 0 Å². The Morgan fingerprint density at radius 1 is 1.33 bits per heavy atom. The lowest BCUT2D eigenvalue weighted by Gasteiger charge is -2.21. The van der Waals surface area contributed by atoms with Gasteiger partial charge in [0.25, 0.3) is 0 Å². The Morgan fingerprint density at radius 3 is 2.62 bits per heavy atom. The van der Waals surface area contributed by atoms with E-state index in [1.165, 1.54) is 25.9 Å². The molecule has 1 fully saturated rings. The minimum Gasteiger partial charge on any atom is -0.443 e. The van der Waals surface area contributed by atoms with E-state index in [1.807, 2.05) is 6.20 Å². The van der Waals surface area contributed by atoms with Gasteiger partial charge in [-0.15, -0.1) is 0 Å². The maximum atomic E-state index is 5.79. The molecule has 1 aromatic rings. The number of aliphatic imine (C=N–C) groups is 1. The normalized spacial score (nSPS) is 18.0. The molecule has 6 heteroatoms. The molecule has 2 heterocycles. The second kappa shape index (κ2) is 8.51. The van der Waals surface area contributed by atoms with Gasteiger partial charge in [-0.05, 0) is 31.8 Å². The average Bonchev–Trinajstić information content (AvgIpc) is 3.18. The van der Waals surface area contributed by atoms with E-state index < -0.39 is 0 Å². The maximum Gasteiger partial charge on any atom is 0.213 e. The van der Waals surface area contributed by atoms with Crippen molar-refractivity contribution in [2.24, 2.45) is 10.9 Å². The van der Waals surface area contributed by atoms with E-state index in [-0.39, 0.29) is 5.41 Å². The van der Waals surface area contributed by atoms with E-state index in [0.29, 0.717) is 18.4 Å². The molecule has 2 rings (SSSR count). The molecule has 24 heavy (non-hydrogen) atoms. The number of oxazole rings is 1. The zero-order valence-corrected chi connectivity index (χ0v) is 15.9. The summed E-state index contributed by atoms with van der Waals surface area (Å²) in [5.74, 6) is 2.98. The second-order valence-corrected chi connectivity index (χ2v) is 7.79. The lowest BCUT2D eigenvalue weighted by Crippen LogP contribution is -2.41. The molecular weight excluding hydrogens is 302 g/mol. The molecule has 1 aromatic heterocycles. The first-order valence-electron chi connectivity index (χ1n) is 9.00. The Kier molecular flexibility index (Phi) is 6.66. The number of guanidine groups is 1. The number of hydrogen-bond donors (Lipinski definition) is 2. The highest BCUT2D eigenvalue weighted by Crippen LogP contribution is 2.22. The van der Waals surface area contributed by atoms with Gasteiger partial charge < -0.3 is 20.0 Å². The zero-order valence-electron chi connectivity index (χ0n) is 15.9. The molecule has 0 bridgehead atoms. The summed E-state index contributed by atoms with van der Waals surface area (Å²) in [5.41, 5.74) is -0.0177. The van der Waals surface area contributed by atoms with Gasteiger partial charge in [0.1, 0.15) is 5.76 Å². The maximum absolute atomic E-state index is 5.79. The third-order valence-electron chi connectivity index (χ3n) is 4.31. The van der Waals surface area contributed by atoms with Crippen LogP contribution in [0.3, 0.4) is 0 Å². The smallest absolute Gasteiger partial charge is 0.213 e. The molecule has 6 nitrogen and oxygen atoms in total. The molecule has 0 aliphatic carbocycles. The van der Waals surface area contributed by atoms with Gasteiger partial charge in [-0.2, -0.15) is 0 Å². The molecule has 1 saturated heterocycles. The van der Waals surface area contributed by atoms with Crippen LogP contribution in [0.25, 0.3) is 0 Å². The van der Waals surface area contributed by atoms with Crippen molar-refractivity contribution < 1.29 is 4.42 Å². The molecule has 0 amide bonds. The molecule has 1 aliphatic heterocycles. The summed E-state index contributed by atoms with van der Waals surface area (Å²) in [7, 11) is 1.79. The predicted molar refractivity (Wildman–Crippen MR) is 98.2 cm³/mol. The Hall–Kier alpha value is -1.56. The van der Waals surface area contributed by atoms with Crippen LogP contribution in [0.1, 0.15) is 52.2 Å². The van der Waals surface area contributed by atoms with Crippen molar-refractivity contribution in [2.75, 3.05) is 33.2 Å². The summed E-state index contributed by atoms with van der Waals surface area (Å²) in [6.07, 6.45) is 4.50. The molecule has 1 unspecified atom stereocenters. The molecule has 0 saturated carbocycles. The van der Waals surface area contributed by atoms with E-state index in [1.54, 1.807) is 7.05 Å². The predicted octanol–water partition coefficient (Wildman–Crippen LogP) is 2.37. The highest BCUT2D eigenvalue weighted by atomic mass is 16.4. The largest absolute Gasteiger partial charge is 0.443 e. The van der Waals surface area contributed by atoms with Crippen LogP contribution in [0, 0.1) is 5.92 Å². The van der Waals surface area contributed by atoms with Gasteiger partial charge in [-0.25, -0.2) is 4.98 Å². The number of likely N-dealkylation sites (tertiary alicyclic amines) is 1. The Labute approximate surface area is 146 Å². The highest BCUT2D eigenvalue weighted by Gasteiger charge is 2.19. The SMILES string of the molecule is CN=C(NCc1ncc(C(C)(C)C)o1)NCC(C)CN1CCCC1. The first-order chi connectivity index (χ1) is 11.4. The lowest BCUT2D eigenvalue weighted by molar-refractivity contribution is 0.287.